The third kappa shape index (κ3) is 2.46. The van der Waals surface area contributed by atoms with Crippen molar-refractivity contribution in [3.8, 4) is 0 Å². The Morgan fingerprint density at radius 2 is 1.95 bits per heavy atom. The van der Waals surface area contributed by atoms with Gasteiger partial charge in [-0.15, -0.1) is 0 Å². The summed E-state index contributed by atoms with van der Waals surface area (Å²) >= 11 is 0. The van der Waals surface area contributed by atoms with Crippen LogP contribution >= 0.6 is 0 Å². The van der Waals surface area contributed by atoms with Crippen LogP contribution in [0.1, 0.15) is 33.6 Å². The number of rotatable bonds is 3. The molecule has 2 bridgehead atoms. The molecule has 5 heteroatoms. The molecule has 3 aliphatic rings. The van der Waals surface area contributed by atoms with Crippen molar-refractivity contribution in [3.63, 3.8) is 0 Å². The van der Waals surface area contributed by atoms with Gasteiger partial charge in [-0.2, -0.15) is 0 Å². The lowest BCUT2D eigenvalue weighted by molar-refractivity contribution is -0.160. The molecule has 3 rings (SSSR count). The molecule has 3 aliphatic carbocycles. The monoisotopic (exact) mass is 267 g/mol. The first-order chi connectivity index (χ1) is 8.65. The number of carboxylic acids is 1. The van der Waals surface area contributed by atoms with Gasteiger partial charge >= 0.3 is 12.1 Å². The van der Waals surface area contributed by atoms with Crippen molar-refractivity contribution in [3.05, 3.63) is 12.2 Å². The van der Waals surface area contributed by atoms with Gasteiger partial charge in [0.05, 0.1) is 0 Å². The molecule has 1 atom stereocenters. The Morgan fingerprint density at radius 1 is 1.37 bits per heavy atom. The summed E-state index contributed by atoms with van der Waals surface area (Å²) in [5, 5.41) is 8.71. The Bertz CT molecular complexity index is 429. The number of aliphatic carboxylic acids is 1. The second-order valence-corrected chi connectivity index (χ2v) is 6.61. The third-order valence-electron chi connectivity index (χ3n) is 3.98. The number of ether oxygens (including phenoxy) is 1. The number of hydrogen-bond acceptors (Lipinski definition) is 3. The standard InChI is InChI=1S/C14H21NO4/c1-13(2,3)19-12(18)15(4)11-9-7-14(11,8-9)6-5-10(16)17/h5-6,9,11H,7-8H2,1-4H3,(H,16,17). The second-order valence-electron chi connectivity index (χ2n) is 6.61. The molecule has 106 valence electrons. The first-order valence-corrected chi connectivity index (χ1v) is 6.53. The molecule has 0 aromatic heterocycles. The lowest BCUT2D eigenvalue weighted by atomic mass is 9.40. The molecular weight excluding hydrogens is 246 g/mol. The Kier molecular flexibility index (Phi) is 3.11. The van der Waals surface area contributed by atoms with E-state index in [4.69, 9.17) is 9.84 Å². The lowest BCUT2D eigenvalue weighted by Gasteiger charge is -2.69. The molecule has 3 fully saturated rings. The van der Waals surface area contributed by atoms with Crippen LogP contribution in [0.2, 0.25) is 0 Å². The molecule has 0 radical (unpaired) electrons. The van der Waals surface area contributed by atoms with E-state index < -0.39 is 11.6 Å². The quantitative estimate of drug-likeness (QED) is 0.797. The SMILES string of the molecule is CN(C(=O)OC(C)(C)C)C1C2CC1(C=CC(=O)O)C2. The van der Waals surface area contributed by atoms with Gasteiger partial charge in [-0.1, -0.05) is 6.08 Å². The van der Waals surface area contributed by atoms with E-state index in [2.05, 4.69) is 0 Å². The van der Waals surface area contributed by atoms with Gasteiger partial charge in [-0.3, -0.25) is 0 Å². The van der Waals surface area contributed by atoms with Crippen LogP contribution in [-0.2, 0) is 9.53 Å². The predicted molar refractivity (Wildman–Crippen MR) is 69.7 cm³/mol. The highest BCUT2D eigenvalue weighted by Gasteiger charge is 2.66. The molecule has 0 heterocycles. The topological polar surface area (TPSA) is 66.8 Å². The fraction of sp³-hybridized carbons (Fsp3) is 0.714. The van der Waals surface area contributed by atoms with Crippen LogP contribution in [0, 0.1) is 11.3 Å². The smallest absolute Gasteiger partial charge is 0.410 e. The van der Waals surface area contributed by atoms with Gasteiger partial charge < -0.3 is 14.7 Å². The van der Waals surface area contributed by atoms with Crippen molar-refractivity contribution in [2.75, 3.05) is 7.05 Å². The Hall–Kier alpha value is -1.52. The van der Waals surface area contributed by atoms with Crippen molar-refractivity contribution in [2.24, 2.45) is 11.3 Å². The molecule has 19 heavy (non-hydrogen) atoms. The molecule has 5 nitrogen and oxygen atoms in total. The van der Waals surface area contributed by atoms with Gasteiger partial charge in [-0.05, 0) is 39.5 Å². The maximum absolute atomic E-state index is 12.0. The molecule has 3 saturated carbocycles. The summed E-state index contributed by atoms with van der Waals surface area (Å²) in [5.41, 5.74) is -0.655. The zero-order valence-corrected chi connectivity index (χ0v) is 11.8. The van der Waals surface area contributed by atoms with Gasteiger partial charge in [0.1, 0.15) is 5.60 Å². The van der Waals surface area contributed by atoms with E-state index in [-0.39, 0.29) is 17.6 Å². The Labute approximate surface area is 113 Å². The van der Waals surface area contributed by atoms with E-state index in [9.17, 15) is 9.59 Å². The summed E-state index contributed by atoms with van der Waals surface area (Å²) in [6.45, 7) is 5.50. The Balaban J connectivity index is 2.00. The van der Waals surface area contributed by atoms with Crippen molar-refractivity contribution in [1.82, 2.24) is 4.90 Å². The molecule has 1 amide bonds. The minimum atomic E-state index is -0.941. The molecule has 0 aromatic rings. The number of amides is 1. The van der Waals surface area contributed by atoms with Gasteiger partial charge in [-0.25, -0.2) is 9.59 Å². The van der Waals surface area contributed by atoms with Gasteiger partial charge in [0.25, 0.3) is 0 Å². The van der Waals surface area contributed by atoms with Crippen LogP contribution in [0.15, 0.2) is 12.2 Å². The minimum absolute atomic E-state index is 0.0814. The minimum Gasteiger partial charge on any atom is -0.478 e. The molecule has 1 N–H and O–H groups in total. The van der Waals surface area contributed by atoms with Crippen LogP contribution < -0.4 is 0 Å². The molecule has 0 saturated heterocycles. The summed E-state index contributed by atoms with van der Waals surface area (Å²) in [7, 11) is 1.73. The van der Waals surface area contributed by atoms with Crippen molar-refractivity contribution in [2.45, 2.75) is 45.3 Å². The van der Waals surface area contributed by atoms with Crippen LogP contribution in [0.4, 0.5) is 4.79 Å². The highest BCUT2D eigenvalue weighted by molar-refractivity contribution is 5.80. The maximum Gasteiger partial charge on any atom is 0.410 e. The van der Waals surface area contributed by atoms with Gasteiger partial charge in [0.2, 0.25) is 0 Å². The van der Waals surface area contributed by atoms with E-state index in [1.54, 1.807) is 18.0 Å². The van der Waals surface area contributed by atoms with E-state index in [0.717, 1.165) is 12.8 Å². The Morgan fingerprint density at radius 3 is 2.32 bits per heavy atom. The van der Waals surface area contributed by atoms with Crippen LogP contribution in [0.5, 0.6) is 0 Å². The third-order valence-corrected chi connectivity index (χ3v) is 3.98. The normalized spacial score (nSPS) is 32.4. The fourth-order valence-electron chi connectivity index (χ4n) is 3.15. The van der Waals surface area contributed by atoms with E-state index in [1.807, 2.05) is 20.8 Å². The summed E-state index contributed by atoms with van der Waals surface area (Å²) in [5.74, 6) is -0.459. The summed E-state index contributed by atoms with van der Waals surface area (Å²) < 4.78 is 5.34. The molecule has 1 unspecified atom stereocenters. The van der Waals surface area contributed by atoms with Crippen LogP contribution in [-0.4, -0.2) is 40.8 Å². The van der Waals surface area contributed by atoms with Gasteiger partial charge in [0.15, 0.2) is 0 Å². The number of carbonyl (C=O) groups is 2. The first kappa shape index (κ1) is 13.9. The van der Waals surface area contributed by atoms with Crippen molar-refractivity contribution < 1.29 is 19.4 Å². The number of carboxylic acid groups (broad SMARTS) is 1. The number of carbonyl (C=O) groups excluding carboxylic acids is 1. The largest absolute Gasteiger partial charge is 0.478 e. The van der Waals surface area contributed by atoms with Crippen LogP contribution in [0.3, 0.4) is 0 Å². The zero-order chi connectivity index (χ0) is 14.4. The summed E-state index contributed by atoms with van der Waals surface area (Å²) in [6.07, 6.45) is 4.52. The highest BCUT2D eigenvalue weighted by Crippen LogP contribution is 2.67. The fourth-order valence-corrected chi connectivity index (χ4v) is 3.15. The average molecular weight is 267 g/mol. The molecule has 0 spiro atoms. The van der Waals surface area contributed by atoms with Gasteiger partial charge in [0, 0.05) is 24.6 Å². The summed E-state index contributed by atoms with van der Waals surface area (Å²) in [6, 6.07) is 0.0814. The predicted octanol–water partition coefficient (Wildman–Crippen LogP) is 2.27. The van der Waals surface area contributed by atoms with E-state index >= 15 is 0 Å². The van der Waals surface area contributed by atoms with E-state index in [1.165, 1.54) is 6.08 Å². The lowest BCUT2D eigenvalue weighted by Crippen LogP contribution is -2.71. The van der Waals surface area contributed by atoms with Crippen molar-refractivity contribution >= 4 is 12.1 Å². The number of hydrogen-bond donors (Lipinski definition) is 1. The van der Waals surface area contributed by atoms with Crippen molar-refractivity contribution in [1.29, 1.82) is 0 Å². The highest BCUT2D eigenvalue weighted by atomic mass is 16.6. The number of nitrogens with zero attached hydrogens (tertiary/aromatic N) is 1. The maximum atomic E-state index is 12.0. The first-order valence-electron chi connectivity index (χ1n) is 6.53. The molecular formula is C14H21NO4. The van der Waals surface area contributed by atoms with Crippen LogP contribution in [0.25, 0.3) is 0 Å². The zero-order valence-electron chi connectivity index (χ0n) is 11.8. The van der Waals surface area contributed by atoms with E-state index in [0.29, 0.717) is 5.92 Å². The molecule has 0 aromatic carbocycles. The summed E-state index contributed by atoms with van der Waals surface area (Å²) in [4.78, 5) is 24.2. The molecule has 0 aliphatic heterocycles. The second kappa shape index (κ2) is 4.25. The average Bonchev–Trinajstić information content (AvgIpc) is 2.10.